The van der Waals surface area contributed by atoms with Gasteiger partial charge in [0, 0.05) is 11.1 Å². The Morgan fingerprint density at radius 1 is 0.963 bits per heavy atom. The van der Waals surface area contributed by atoms with Crippen LogP contribution in [0, 0.1) is 10.8 Å². The Labute approximate surface area is 164 Å². The van der Waals surface area contributed by atoms with Crippen molar-refractivity contribution in [1.29, 1.82) is 0 Å². The summed E-state index contributed by atoms with van der Waals surface area (Å²) in [5.74, 6) is 0.0397. The van der Waals surface area contributed by atoms with Crippen molar-refractivity contribution in [1.82, 2.24) is 0 Å². The molecule has 0 aromatic carbocycles. The first kappa shape index (κ1) is 23.6. The van der Waals surface area contributed by atoms with Crippen LogP contribution in [0.3, 0.4) is 0 Å². The quantitative estimate of drug-likeness (QED) is 0.364. The maximum absolute atomic E-state index is 13.3. The van der Waals surface area contributed by atoms with Crippen LogP contribution in [0.25, 0.3) is 0 Å². The van der Waals surface area contributed by atoms with Crippen molar-refractivity contribution < 1.29 is 19.4 Å². The van der Waals surface area contributed by atoms with Crippen molar-refractivity contribution in [2.24, 2.45) is 16.0 Å². The lowest BCUT2D eigenvalue weighted by atomic mass is 9.69. The monoisotopic (exact) mass is 379 g/mol. The SMILES string of the molecule is CC/C(=N\OC)C1(OOC(C)(C)C)C=C(C(C)(C)C)C(=O)C(C(C)(C)C)=C1. The Morgan fingerprint density at radius 2 is 1.41 bits per heavy atom. The van der Waals surface area contributed by atoms with E-state index in [2.05, 4.69) is 5.16 Å². The third-order valence-corrected chi connectivity index (χ3v) is 4.24. The predicted molar refractivity (Wildman–Crippen MR) is 109 cm³/mol. The zero-order valence-electron chi connectivity index (χ0n) is 18.9. The number of rotatable bonds is 5. The van der Waals surface area contributed by atoms with E-state index in [0.717, 1.165) is 0 Å². The van der Waals surface area contributed by atoms with Crippen LogP contribution in [0.1, 0.15) is 75.7 Å². The van der Waals surface area contributed by atoms with Gasteiger partial charge >= 0.3 is 0 Å². The molecule has 0 aromatic rings. The van der Waals surface area contributed by atoms with Gasteiger partial charge in [-0.15, -0.1) is 0 Å². The number of ketones is 1. The minimum Gasteiger partial charge on any atom is -0.399 e. The van der Waals surface area contributed by atoms with E-state index < -0.39 is 11.2 Å². The van der Waals surface area contributed by atoms with Gasteiger partial charge in [0.05, 0.1) is 11.3 Å². The van der Waals surface area contributed by atoms with E-state index >= 15 is 0 Å². The molecule has 27 heavy (non-hydrogen) atoms. The van der Waals surface area contributed by atoms with E-state index in [1.54, 1.807) is 0 Å². The summed E-state index contributed by atoms with van der Waals surface area (Å²) in [6.07, 6.45) is 4.27. The van der Waals surface area contributed by atoms with Gasteiger partial charge in [0.2, 0.25) is 0 Å². The average molecular weight is 380 g/mol. The lowest BCUT2D eigenvalue weighted by Crippen LogP contribution is -2.46. The molecule has 0 saturated heterocycles. The van der Waals surface area contributed by atoms with Crippen LogP contribution in [0.2, 0.25) is 0 Å². The van der Waals surface area contributed by atoms with Gasteiger partial charge < -0.3 is 4.84 Å². The molecule has 5 nitrogen and oxygen atoms in total. The molecule has 1 aliphatic carbocycles. The van der Waals surface area contributed by atoms with Gasteiger partial charge in [-0.2, -0.15) is 0 Å². The highest BCUT2D eigenvalue weighted by molar-refractivity contribution is 6.14. The number of allylic oxidation sites excluding steroid dienone is 2. The first-order chi connectivity index (χ1) is 12.1. The van der Waals surface area contributed by atoms with E-state index in [-0.39, 0.29) is 16.6 Å². The van der Waals surface area contributed by atoms with E-state index in [1.807, 2.05) is 81.4 Å². The Morgan fingerprint density at radius 3 is 1.70 bits per heavy atom. The maximum atomic E-state index is 13.3. The number of carbonyl (C=O) groups excluding carboxylic acids is 1. The molecular weight excluding hydrogens is 342 g/mol. The van der Waals surface area contributed by atoms with E-state index in [9.17, 15) is 4.79 Å². The third-order valence-electron chi connectivity index (χ3n) is 4.24. The summed E-state index contributed by atoms with van der Waals surface area (Å²) in [6.45, 7) is 19.9. The van der Waals surface area contributed by atoms with Crippen LogP contribution >= 0.6 is 0 Å². The summed E-state index contributed by atoms with van der Waals surface area (Å²) in [7, 11) is 1.50. The molecule has 1 aliphatic rings. The molecule has 0 saturated carbocycles. The van der Waals surface area contributed by atoms with Crippen molar-refractivity contribution in [2.75, 3.05) is 7.11 Å². The van der Waals surface area contributed by atoms with E-state index in [1.165, 1.54) is 7.11 Å². The zero-order valence-corrected chi connectivity index (χ0v) is 18.9. The first-order valence-electron chi connectivity index (χ1n) is 9.56. The summed E-state index contributed by atoms with van der Waals surface area (Å²) in [4.78, 5) is 30.1. The Kier molecular flexibility index (Phi) is 6.88. The molecule has 0 aliphatic heterocycles. The smallest absolute Gasteiger partial charge is 0.185 e. The summed E-state index contributed by atoms with van der Waals surface area (Å²) < 4.78 is 0. The van der Waals surface area contributed by atoms with Crippen molar-refractivity contribution in [3.63, 3.8) is 0 Å². The van der Waals surface area contributed by atoms with Crippen LogP contribution in [0.5, 0.6) is 0 Å². The minimum atomic E-state index is -1.10. The summed E-state index contributed by atoms with van der Waals surface area (Å²) in [5, 5.41) is 4.21. The van der Waals surface area contributed by atoms with Crippen molar-refractivity contribution in [3.8, 4) is 0 Å². The van der Waals surface area contributed by atoms with Gasteiger partial charge in [-0.05, 0) is 50.2 Å². The minimum absolute atomic E-state index is 0.0397. The topological polar surface area (TPSA) is 57.1 Å². The van der Waals surface area contributed by atoms with Crippen LogP contribution in [0.4, 0.5) is 0 Å². The summed E-state index contributed by atoms with van der Waals surface area (Å²) in [5.41, 5.74) is -0.323. The third kappa shape index (κ3) is 5.76. The molecule has 5 heteroatoms. The van der Waals surface area contributed by atoms with Gasteiger partial charge in [0.1, 0.15) is 7.11 Å². The molecule has 0 unspecified atom stereocenters. The van der Waals surface area contributed by atoms with Crippen molar-refractivity contribution >= 4 is 11.5 Å². The lowest BCUT2D eigenvalue weighted by Gasteiger charge is -2.39. The highest BCUT2D eigenvalue weighted by atomic mass is 17.2. The molecule has 1 rings (SSSR count). The highest BCUT2D eigenvalue weighted by Crippen LogP contribution is 2.42. The molecule has 0 radical (unpaired) electrons. The van der Waals surface area contributed by atoms with Crippen LogP contribution in [-0.4, -0.2) is 29.8 Å². The van der Waals surface area contributed by atoms with Gasteiger partial charge in [0.15, 0.2) is 11.4 Å². The molecule has 0 amide bonds. The standard InChI is InChI=1S/C22H37NO4/c1-12-17(23-25-11)22(27-26-21(8,9)10)13-15(19(2,3)4)18(24)16(14-22)20(5,6)7/h13-14H,12H2,1-11H3/b23-17+. The fourth-order valence-corrected chi connectivity index (χ4v) is 2.84. The second-order valence-electron chi connectivity index (χ2n) is 10.1. The van der Waals surface area contributed by atoms with Crippen LogP contribution in [-0.2, 0) is 19.4 Å². The molecule has 0 heterocycles. The lowest BCUT2D eigenvalue weighted by molar-refractivity contribution is -0.370. The Hall–Kier alpha value is -1.46. The van der Waals surface area contributed by atoms with Crippen LogP contribution < -0.4 is 0 Å². The number of nitrogens with zero attached hydrogens (tertiary/aromatic N) is 1. The van der Waals surface area contributed by atoms with Gasteiger partial charge in [-0.3, -0.25) is 4.79 Å². The Balaban J connectivity index is 3.78. The molecule has 154 valence electrons. The van der Waals surface area contributed by atoms with E-state index in [0.29, 0.717) is 23.3 Å². The Bertz CT molecular complexity index is 615. The van der Waals surface area contributed by atoms with Crippen LogP contribution in [0.15, 0.2) is 28.5 Å². The second kappa shape index (κ2) is 7.88. The fourth-order valence-electron chi connectivity index (χ4n) is 2.84. The van der Waals surface area contributed by atoms with E-state index in [4.69, 9.17) is 14.6 Å². The molecule has 0 spiro atoms. The first-order valence-corrected chi connectivity index (χ1v) is 9.56. The largest absolute Gasteiger partial charge is 0.399 e. The second-order valence-corrected chi connectivity index (χ2v) is 10.1. The summed E-state index contributed by atoms with van der Waals surface area (Å²) in [6, 6.07) is 0. The van der Waals surface area contributed by atoms with Gasteiger partial charge in [0.25, 0.3) is 0 Å². The number of carbonyl (C=O) groups is 1. The van der Waals surface area contributed by atoms with Crippen molar-refractivity contribution in [2.45, 2.75) is 86.9 Å². The van der Waals surface area contributed by atoms with Gasteiger partial charge in [-0.1, -0.05) is 53.6 Å². The number of oxime groups is 1. The molecule has 0 fully saturated rings. The van der Waals surface area contributed by atoms with Crippen molar-refractivity contribution in [3.05, 3.63) is 23.3 Å². The zero-order chi connectivity index (χ0) is 21.3. The van der Waals surface area contributed by atoms with Gasteiger partial charge in [-0.25, -0.2) is 9.78 Å². The molecule has 0 atom stereocenters. The number of Topliss-reactive ketones (excluding diaryl/α,β-unsaturated/α-hetero) is 1. The molecule has 0 N–H and O–H groups in total. The normalized spacial score (nSPS) is 18.9. The molecule has 0 bridgehead atoms. The molecular formula is C22H37NO4. The average Bonchev–Trinajstić information content (AvgIpc) is 2.49. The highest BCUT2D eigenvalue weighted by Gasteiger charge is 2.45. The fraction of sp³-hybridized carbons (Fsp3) is 0.727. The summed E-state index contributed by atoms with van der Waals surface area (Å²) >= 11 is 0. The molecule has 0 aromatic heterocycles. The number of hydrogen-bond acceptors (Lipinski definition) is 5. The maximum Gasteiger partial charge on any atom is 0.185 e. The number of hydrogen-bond donors (Lipinski definition) is 0. The predicted octanol–water partition coefficient (Wildman–Crippen LogP) is 5.41.